The van der Waals surface area contributed by atoms with Gasteiger partial charge in [0.2, 0.25) is 0 Å². The second-order valence-electron chi connectivity index (χ2n) is 6.18. The Morgan fingerprint density at radius 2 is 1.62 bits per heavy atom. The summed E-state index contributed by atoms with van der Waals surface area (Å²) in [5.41, 5.74) is 1.11. The van der Waals surface area contributed by atoms with Crippen LogP contribution < -0.4 is 4.90 Å². The van der Waals surface area contributed by atoms with Crippen molar-refractivity contribution in [3.63, 3.8) is 0 Å². The number of hydrogen-bond donors (Lipinski definition) is 0. The molecule has 0 atom stereocenters. The van der Waals surface area contributed by atoms with Crippen molar-refractivity contribution in [2.75, 3.05) is 37.6 Å². The Labute approximate surface area is 151 Å². The van der Waals surface area contributed by atoms with Crippen LogP contribution in [0, 0.1) is 5.82 Å². The quantitative estimate of drug-likeness (QED) is 0.696. The molecular weight excluding hydrogens is 333 g/mol. The van der Waals surface area contributed by atoms with Crippen molar-refractivity contribution in [2.24, 2.45) is 0 Å². The Morgan fingerprint density at radius 3 is 2.35 bits per heavy atom. The summed E-state index contributed by atoms with van der Waals surface area (Å²) in [6.07, 6.45) is 4.80. The van der Waals surface area contributed by atoms with E-state index in [1.165, 1.54) is 6.33 Å². The van der Waals surface area contributed by atoms with Crippen molar-refractivity contribution in [1.82, 2.24) is 29.9 Å². The first-order valence-corrected chi connectivity index (χ1v) is 8.68. The minimum absolute atomic E-state index is 0.350. The maximum atomic E-state index is 15.0. The average molecular weight is 353 g/mol. The molecule has 0 unspecified atom stereocenters. The molecule has 0 N–H and O–H groups in total. The summed E-state index contributed by atoms with van der Waals surface area (Å²) in [6, 6.07) is 9.38. The highest BCUT2D eigenvalue weighted by atomic mass is 19.1. The maximum absolute atomic E-state index is 15.0. The summed E-state index contributed by atoms with van der Waals surface area (Å²) in [7, 11) is 0. The van der Waals surface area contributed by atoms with E-state index in [1.54, 1.807) is 17.2 Å². The number of benzene rings is 1. The lowest BCUT2D eigenvalue weighted by Crippen LogP contribution is -2.48. The van der Waals surface area contributed by atoms with Crippen LogP contribution in [0.4, 0.5) is 10.2 Å². The second-order valence-corrected chi connectivity index (χ2v) is 6.18. The third-order valence-electron chi connectivity index (χ3n) is 4.57. The number of anilines is 1. The molecule has 2 aromatic heterocycles. The number of halogens is 1. The fraction of sp³-hybridized carbons (Fsp3) is 0.333. The van der Waals surface area contributed by atoms with Crippen LogP contribution in [-0.4, -0.2) is 62.6 Å². The van der Waals surface area contributed by atoms with E-state index in [0.717, 1.165) is 44.8 Å². The molecule has 0 radical (unpaired) electrons. The van der Waals surface area contributed by atoms with Crippen LogP contribution in [-0.2, 0) is 6.54 Å². The van der Waals surface area contributed by atoms with Gasteiger partial charge in [0.1, 0.15) is 12.0 Å². The number of nitrogens with zero attached hydrogens (tertiary/aromatic N) is 7. The predicted octanol–water partition coefficient (Wildman–Crippen LogP) is 1.70. The lowest BCUT2D eigenvalue weighted by atomic mass is 10.1. The van der Waals surface area contributed by atoms with Crippen molar-refractivity contribution in [3.8, 4) is 11.3 Å². The molecular formula is C18H20FN7. The van der Waals surface area contributed by atoms with Crippen LogP contribution in [0.3, 0.4) is 0 Å². The fourth-order valence-electron chi connectivity index (χ4n) is 3.15. The Bertz CT molecular complexity index is 830. The van der Waals surface area contributed by atoms with Crippen molar-refractivity contribution in [2.45, 2.75) is 6.54 Å². The molecule has 1 aliphatic rings. The normalized spacial score (nSPS) is 15.3. The van der Waals surface area contributed by atoms with Gasteiger partial charge in [0.05, 0.1) is 18.9 Å². The smallest absolute Gasteiger partial charge is 0.191 e. The topological polar surface area (TPSA) is 63.0 Å². The number of hydrogen-bond acceptors (Lipinski definition) is 6. The molecule has 8 heteroatoms. The van der Waals surface area contributed by atoms with E-state index >= 15 is 0 Å². The third kappa shape index (κ3) is 3.55. The number of piperazine rings is 1. The molecule has 7 nitrogen and oxygen atoms in total. The molecule has 0 saturated carbocycles. The Hall–Kier alpha value is -2.87. The van der Waals surface area contributed by atoms with Crippen LogP contribution in [0.1, 0.15) is 0 Å². The number of aromatic nitrogens is 5. The van der Waals surface area contributed by atoms with Crippen LogP contribution in [0.2, 0.25) is 0 Å². The Kier molecular flexibility index (Phi) is 4.83. The molecule has 3 heterocycles. The van der Waals surface area contributed by atoms with Crippen LogP contribution in [0.5, 0.6) is 0 Å². The summed E-state index contributed by atoms with van der Waals surface area (Å²) in [6.45, 7) is 4.80. The van der Waals surface area contributed by atoms with Gasteiger partial charge in [-0.1, -0.05) is 30.3 Å². The monoisotopic (exact) mass is 353 g/mol. The SMILES string of the molecule is Fc1c(-c2ccccc2)ncnc1N1CCN(CCn2nccn2)CC1. The van der Waals surface area contributed by atoms with Gasteiger partial charge in [0, 0.05) is 38.3 Å². The van der Waals surface area contributed by atoms with Gasteiger partial charge >= 0.3 is 0 Å². The zero-order chi connectivity index (χ0) is 17.8. The molecule has 1 aromatic carbocycles. The molecule has 4 rings (SSSR count). The molecule has 0 bridgehead atoms. The Morgan fingerprint density at radius 1 is 0.885 bits per heavy atom. The van der Waals surface area contributed by atoms with Gasteiger partial charge in [-0.05, 0) is 0 Å². The van der Waals surface area contributed by atoms with E-state index in [1.807, 2.05) is 35.2 Å². The predicted molar refractivity (Wildman–Crippen MR) is 96.1 cm³/mol. The van der Waals surface area contributed by atoms with Gasteiger partial charge in [-0.2, -0.15) is 15.0 Å². The third-order valence-corrected chi connectivity index (χ3v) is 4.57. The van der Waals surface area contributed by atoms with Crippen LogP contribution >= 0.6 is 0 Å². The van der Waals surface area contributed by atoms with Crippen molar-refractivity contribution in [1.29, 1.82) is 0 Å². The van der Waals surface area contributed by atoms with Gasteiger partial charge < -0.3 is 4.90 Å². The molecule has 3 aromatic rings. The molecule has 0 amide bonds. The zero-order valence-electron chi connectivity index (χ0n) is 14.4. The van der Waals surface area contributed by atoms with Gasteiger partial charge in [-0.25, -0.2) is 14.4 Å². The van der Waals surface area contributed by atoms with E-state index < -0.39 is 0 Å². The van der Waals surface area contributed by atoms with Gasteiger partial charge in [-0.15, -0.1) is 0 Å². The lowest BCUT2D eigenvalue weighted by molar-refractivity contribution is 0.238. The molecule has 1 fully saturated rings. The largest absolute Gasteiger partial charge is 0.352 e. The van der Waals surface area contributed by atoms with E-state index in [-0.39, 0.29) is 5.82 Å². The first-order valence-electron chi connectivity index (χ1n) is 8.68. The fourth-order valence-corrected chi connectivity index (χ4v) is 3.15. The summed E-state index contributed by atoms with van der Waals surface area (Å²) in [4.78, 5) is 14.3. The molecule has 134 valence electrons. The molecule has 0 spiro atoms. The Balaban J connectivity index is 1.41. The first kappa shape index (κ1) is 16.6. The van der Waals surface area contributed by atoms with Gasteiger partial charge in [0.15, 0.2) is 11.6 Å². The molecule has 1 aliphatic heterocycles. The standard InChI is InChI=1S/C18H20FN7/c19-16-17(15-4-2-1-3-5-15)20-14-21-18(16)25-11-8-24(9-12-25)10-13-26-22-6-7-23-26/h1-7,14H,8-13H2. The molecule has 1 saturated heterocycles. The first-order chi connectivity index (χ1) is 12.8. The zero-order valence-corrected chi connectivity index (χ0v) is 14.4. The molecule has 0 aliphatic carbocycles. The van der Waals surface area contributed by atoms with Gasteiger partial charge in [-0.3, -0.25) is 4.90 Å². The van der Waals surface area contributed by atoms with E-state index in [0.29, 0.717) is 11.5 Å². The van der Waals surface area contributed by atoms with Crippen LogP contribution in [0.25, 0.3) is 11.3 Å². The van der Waals surface area contributed by atoms with E-state index in [2.05, 4.69) is 25.1 Å². The lowest BCUT2D eigenvalue weighted by Gasteiger charge is -2.35. The van der Waals surface area contributed by atoms with Crippen molar-refractivity contribution >= 4 is 5.82 Å². The summed E-state index contributed by atoms with van der Waals surface area (Å²) >= 11 is 0. The summed E-state index contributed by atoms with van der Waals surface area (Å²) in [5.74, 6) is 0.0279. The number of rotatable bonds is 5. The second kappa shape index (κ2) is 7.57. The van der Waals surface area contributed by atoms with E-state index in [9.17, 15) is 4.39 Å². The summed E-state index contributed by atoms with van der Waals surface area (Å²) in [5, 5.41) is 8.23. The molecule has 26 heavy (non-hydrogen) atoms. The maximum Gasteiger partial charge on any atom is 0.191 e. The van der Waals surface area contributed by atoms with Crippen molar-refractivity contribution < 1.29 is 4.39 Å². The summed E-state index contributed by atoms with van der Waals surface area (Å²) < 4.78 is 15.0. The van der Waals surface area contributed by atoms with Crippen LogP contribution in [0.15, 0.2) is 49.1 Å². The highest BCUT2D eigenvalue weighted by Crippen LogP contribution is 2.26. The minimum Gasteiger partial charge on any atom is -0.352 e. The highest BCUT2D eigenvalue weighted by molar-refractivity contribution is 5.63. The van der Waals surface area contributed by atoms with Crippen molar-refractivity contribution in [3.05, 3.63) is 54.9 Å². The average Bonchev–Trinajstić information content (AvgIpc) is 3.21. The van der Waals surface area contributed by atoms with E-state index in [4.69, 9.17) is 0 Å². The minimum atomic E-state index is -0.354. The highest BCUT2D eigenvalue weighted by Gasteiger charge is 2.22. The van der Waals surface area contributed by atoms with Gasteiger partial charge in [0.25, 0.3) is 0 Å².